The molecule has 0 aliphatic rings. The van der Waals surface area contributed by atoms with E-state index < -0.39 is 0 Å². The number of hydrogen-bond donors (Lipinski definition) is 3. The Balaban J connectivity index is -0.000000170. The Labute approximate surface area is 140 Å². The van der Waals surface area contributed by atoms with Crippen molar-refractivity contribution >= 4 is 0 Å². The highest BCUT2D eigenvalue weighted by Gasteiger charge is 1.91. The van der Waals surface area contributed by atoms with Crippen LogP contribution in [0.2, 0.25) is 0 Å². The molecule has 0 saturated heterocycles. The molecular formula is C19H41N3. The van der Waals surface area contributed by atoms with Gasteiger partial charge in [-0.15, -0.1) is 13.2 Å². The summed E-state index contributed by atoms with van der Waals surface area (Å²) in [5, 5.41) is 6.39. The lowest BCUT2D eigenvalue weighted by molar-refractivity contribution is 0.683. The van der Waals surface area contributed by atoms with Crippen LogP contribution >= 0.6 is 0 Å². The van der Waals surface area contributed by atoms with Crippen molar-refractivity contribution in [3.8, 4) is 0 Å². The lowest BCUT2D eigenvalue weighted by Crippen LogP contribution is -2.20. The highest BCUT2D eigenvalue weighted by Crippen LogP contribution is 1.94. The maximum absolute atomic E-state index is 5.11. The second-order valence-electron chi connectivity index (χ2n) is 4.85. The first kappa shape index (κ1) is 28.6. The monoisotopic (exact) mass is 311 g/mol. The van der Waals surface area contributed by atoms with Gasteiger partial charge >= 0.3 is 0 Å². The summed E-state index contributed by atoms with van der Waals surface area (Å²) >= 11 is 0. The molecule has 0 rings (SSSR count). The van der Waals surface area contributed by atoms with Crippen LogP contribution in [0.1, 0.15) is 54.9 Å². The van der Waals surface area contributed by atoms with E-state index in [1.165, 1.54) is 0 Å². The van der Waals surface area contributed by atoms with Crippen molar-refractivity contribution in [1.82, 2.24) is 10.6 Å². The Bertz CT molecular complexity index is 263. The van der Waals surface area contributed by atoms with Gasteiger partial charge in [0.2, 0.25) is 0 Å². The molecule has 4 N–H and O–H groups in total. The van der Waals surface area contributed by atoms with Gasteiger partial charge < -0.3 is 16.4 Å². The van der Waals surface area contributed by atoms with E-state index >= 15 is 0 Å². The number of allylic oxidation sites excluding steroid dienone is 2. The van der Waals surface area contributed by atoms with E-state index in [1.54, 1.807) is 0 Å². The van der Waals surface area contributed by atoms with E-state index in [0.717, 1.165) is 24.4 Å². The molecule has 0 bridgehead atoms. The van der Waals surface area contributed by atoms with E-state index in [0.29, 0.717) is 12.1 Å². The van der Waals surface area contributed by atoms with E-state index in [4.69, 9.17) is 5.73 Å². The van der Waals surface area contributed by atoms with E-state index in [1.807, 2.05) is 39.8 Å². The van der Waals surface area contributed by atoms with Crippen LogP contribution in [0.25, 0.3) is 0 Å². The summed E-state index contributed by atoms with van der Waals surface area (Å²) in [5.41, 5.74) is 6.96. The van der Waals surface area contributed by atoms with Crippen LogP contribution in [0.15, 0.2) is 49.9 Å². The zero-order valence-electron chi connectivity index (χ0n) is 16.1. The summed E-state index contributed by atoms with van der Waals surface area (Å²) in [5.74, 6) is 0. The van der Waals surface area contributed by atoms with Gasteiger partial charge in [0.15, 0.2) is 0 Å². The molecule has 3 nitrogen and oxygen atoms in total. The van der Waals surface area contributed by atoms with Crippen molar-refractivity contribution in [3.05, 3.63) is 49.9 Å². The SMILES string of the molecule is C=C.C=C(/C=C/C(=C)NC(C)C)NCCC.CC.CC(C)N. The molecule has 0 aromatic heterocycles. The minimum absolute atomic E-state index is 0.333. The van der Waals surface area contributed by atoms with Crippen LogP contribution < -0.4 is 16.4 Å². The molecule has 0 atom stereocenters. The predicted molar refractivity (Wildman–Crippen MR) is 106 cm³/mol. The van der Waals surface area contributed by atoms with E-state index in [9.17, 15) is 0 Å². The molecular weight excluding hydrogens is 270 g/mol. The largest absolute Gasteiger partial charge is 0.386 e. The maximum atomic E-state index is 5.11. The van der Waals surface area contributed by atoms with Gasteiger partial charge in [-0.05, 0) is 38.5 Å². The second-order valence-corrected chi connectivity index (χ2v) is 4.85. The molecule has 0 amide bonds. The predicted octanol–water partition coefficient (Wildman–Crippen LogP) is 4.75. The van der Waals surface area contributed by atoms with Gasteiger partial charge in [0.05, 0.1) is 0 Å². The Morgan fingerprint density at radius 1 is 1.00 bits per heavy atom. The summed E-state index contributed by atoms with van der Waals surface area (Å²) in [7, 11) is 0. The summed E-state index contributed by atoms with van der Waals surface area (Å²) in [6.07, 6.45) is 4.98. The molecule has 0 heterocycles. The zero-order chi connectivity index (χ0) is 18.6. The summed E-state index contributed by atoms with van der Waals surface area (Å²) in [6.45, 7) is 28.9. The zero-order valence-corrected chi connectivity index (χ0v) is 16.1. The fraction of sp³-hybridized carbons (Fsp3) is 0.579. The van der Waals surface area contributed by atoms with Crippen LogP contribution in [-0.2, 0) is 0 Å². The van der Waals surface area contributed by atoms with Crippen LogP contribution in [0.5, 0.6) is 0 Å². The van der Waals surface area contributed by atoms with Crippen molar-refractivity contribution in [1.29, 1.82) is 0 Å². The van der Waals surface area contributed by atoms with Crippen LogP contribution in [-0.4, -0.2) is 18.6 Å². The highest BCUT2D eigenvalue weighted by molar-refractivity contribution is 5.22. The first-order valence-corrected chi connectivity index (χ1v) is 8.11. The molecule has 0 radical (unpaired) electrons. The van der Waals surface area contributed by atoms with Gasteiger partial charge in [0.1, 0.15) is 0 Å². The standard InChI is InChI=1S/C12H22N2.C3H9N.C2H6.C2H4/c1-6-9-13-11(4)7-8-12(5)14-10(2)3;1-3(2)4;2*1-2/h7-8,10,13-14H,4-6,9H2,1-3H3;3H,4H2,1-2H3;1-2H3;1-2H2/b8-7+;;;. The normalized spacial score (nSPS) is 8.82. The summed E-state index contributed by atoms with van der Waals surface area (Å²) < 4.78 is 0. The maximum Gasteiger partial charge on any atom is 0.0269 e. The average molecular weight is 312 g/mol. The number of nitrogens with one attached hydrogen (secondary N) is 2. The number of nitrogens with two attached hydrogens (primary N) is 1. The quantitative estimate of drug-likeness (QED) is 0.470. The van der Waals surface area contributed by atoms with Crippen molar-refractivity contribution in [2.75, 3.05) is 6.54 Å². The van der Waals surface area contributed by atoms with Gasteiger partial charge in [-0.25, -0.2) is 0 Å². The van der Waals surface area contributed by atoms with Gasteiger partial charge in [0, 0.05) is 24.0 Å². The third-order valence-corrected chi connectivity index (χ3v) is 1.56. The summed E-state index contributed by atoms with van der Waals surface area (Å²) in [4.78, 5) is 0. The molecule has 0 aromatic rings. The third-order valence-electron chi connectivity index (χ3n) is 1.56. The van der Waals surface area contributed by atoms with Crippen LogP contribution in [0.3, 0.4) is 0 Å². The first-order valence-electron chi connectivity index (χ1n) is 8.11. The fourth-order valence-electron chi connectivity index (χ4n) is 0.965. The van der Waals surface area contributed by atoms with Gasteiger partial charge in [0.25, 0.3) is 0 Å². The minimum Gasteiger partial charge on any atom is -0.386 e. The minimum atomic E-state index is 0.333. The van der Waals surface area contributed by atoms with E-state index in [2.05, 4.69) is 57.7 Å². The van der Waals surface area contributed by atoms with Gasteiger partial charge in [-0.3, -0.25) is 0 Å². The average Bonchev–Trinajstić information content (AvgIpc) is 2.46. The first-order chi connectivity index (χ1) is 10.3. The molecule has 0 fully saturated rings. The lowest BCUT2D eigenvalue weighted by Gasteiger charge is -2.09. The van der Waals surface area contributed by atoms with E-state index in [-0.39, 0.29) is 0 Å². The molecule has 0 aliphatic carbocycles. The Hall–Kier alpha value is -1.48. The van der Waals surface area contributed by atoms with Crippen LogP contribution in [0.4, 0.5) is 0 Å². The topological polar surface area (TPSA) is 50.1 Å². The Morgan fingerprint density at radius 2 is 1.36 bits per heavy atom. The number of rotatable bonds is 7. The molecule has 22 heavy (non-hydrogen) atoms. The molecule has 0 saturated carbocycles. The lowest BCUT2D eigenvalue weighted by atomic mass is 10.3. The third kappa shape index (κ3) is 42.8. The fourth-order valence-corrected chi connectivity index (χ4v) is 0.965. The van der Waals surface area contributed by atoms with Crippen molar-refractivity contribution in [2.24, 2.45) is 5.73 Å². The van der Waals surface area contributed by atoms with Gasteiger partial charge in [-0.1, -0.05) is 47.8 Å². The van der Waals surface area contributed by atoms with Crippen molar-refractivity contribution in [2.45, 2.75) is 67.0 Å². The van der Waals surface area contributed by atoms with Crippen LogP contribution in [0, 0.1) is 0 Å². The summed E-state index contributed by atoms with van der Waals surface area (Å²) in [6, 6.07) is 0.754. The molecule has 0 spiro atoms. The smallest absolute Gasteiger partial charge is 0.0269 e. The molecule has 132 valence electrons. The second kappa shape index (κ2) is 24.5. The number of hydrogen-bond acceptors (Lipinski definition) is 3. The molecule has 3 heteroatoms. The Kier molecular flexibility index (Phi) is 31.9. The van der Waals surface area contributed by atoms with Crippen molar-refractivity contribution in [3.63, 3.8) is 0 Å². The van der Waals surface area contributed by atoms with Crippen molar-refractivity contribution < 1.29 is 0 Å². The molecule has 0 unspecified atom stereocenters. The highest BCUT2D eigenvalue weighted by atomic mass is 14.9. The molecule has 0 aromatic carbocycles. The van der Waals surface area contributed by atoms with Gasteiger partial charge in [-0.2, -0.15) is 0 Å². The molecule has 0 aliphatic heterocycles. The Morgan fingerprint density at radius 3 is 1.68 bits per heavy atom.